The van der Waals surface area contributed by atoms with Crippen molar-refractivity contribution in [1.29, 1.82) is 0 Å². The van der Waals surface area contributed by atoms with Crippen LogP contribution < -0.4 is 0 Å². The third-order valence-electron chi connectivity index (χ3n) is 1.52. The SMILES string of the molecule is Clc1c(Cl)c(Cl)[c-](Cl)c1Cl.[Fe].c1cc[cH-]c1. The summed E-state index contributed by atoms with van der Waals surface area (Å²) >= 11 is 27.9. The van der Waals surface area contributed by atoms with E-state index in [1.807, 2.05) is 30.3 Å². The molecule has 0 aromatic heterocycles. The third-order valence-corrected chi connectivity index (χ3v) is 3.89. The molecule has 0 N–H and O–H groups in total. The van der Waals surface area contributed by atoms with Crippen molar-refractivity contribution in [2.75, 3.05) is 0 Å². The summed E-state index contributed by atoms with van der Waals surface area (Å²) in [6, 6.07) is 10.0. The number of hydrogen-bond acceptors (Lipinski definition) is 0. The van der Waals surface area contributed by atoms with Crippen LogP contribution in [-0.2, 0) is 17.1 Å². The Kier molecular flexibility index (Phi) is 8.22. The quantitative estimate of drug-likeness (QED) is 0.396. The Morgan fingerprint density at radius 2 is 1.25 bits per heavy atom. The fraction of sp³-hybridized carbons (Fsp3) is 0. The van der Waals surface area contributed by atoms with Gasteiger partial charge in [0.15, 0.2) is 0 Å². The van der Waals surface area contributed by atoms with E-state index in [0.29, 0.717) is 0 Å². The number of hydrogen-bond donors (Lipinski definition) is 0. The molecule has 0 bridgehead atoms. The van der Waals surface area contributed by atoms with Gasteiger partial charge in [0.2, 0.25) is 0 Å². The summed E-state index contributed by atoms with van der Waals surface area (Å²) in [7, 11) is 0. The Morgan fingerprint density at radius 3 is 1.38 bits per heavy atom. The van der Waals surface area contributed by atoms with Crippen molar-refractivity contribution >= 4 is 58.0 Å². The predicted molar refractivity (Wildman–Crippen MR) is 69.1 cm³/mol. The molecule has 90 valence electrons. The largest absolute Gasteiger partial charge is 0.214 e. The second kappa shape index (κ2) is 7.89. The fourth-order valence-electron chi connectivity index (χ4n) is 0.803. The molecule has 0 saturated carbocycles. The van der Waals surface area contributed by atoms with Crippen LogP contribution in [0, 0.1) is 0 Å². The zero-order valence-corrected chi connectivity index (χ0v) is 12.5. The standard InChI is InChI=1S/C5Cl5.C5H5.Fe/c6-1-2(7)4(9)5(10)3(1)8;1-2-4-5-3-1;/h;1-5H;/q2*-1;. The zero-order chi connectivity index (χ0) is 11.4. The first-order valence-corrected chi connectivity index (χ1v) is 5.75. The smallest absolute Gasteiger partial charge is 0 e. The number of halogens is 5. The van der Waals surface area contributed by atoms with Gasteiger partial charge in [0.1, 0.15) is 0 Å². The van der Waals surface area contributed by atoms with E-state index in [1.54, 1.807) is 0 Å². The van der Waals surface area contributed by atoms with Crippen LogP contribution in [0.15, 0.2) is 30.3 Å². The normalized spacial score (nSPS) is 9.06. The molecule has 16 heavy (non-hydrogen) atoms. The van der Waals surface area contributed by atoms with Crippen molar-refractivity contribution in [2.24, 2.45) is 0 Å². The van der Waals surface area contributed by atoms with Gasteiger partial charge in [-0.2, -0.15) is 53.0 Å². The van der Waals surface area contributed by atoms with Gasteiger partial charge < -0.3 is 0 Å². The van der Waals surface area contributed by atoms with Crippen LogP contribution in [0.25, 0.3) is 0 Å². The molecular weight excluding hydrogens is 353 g/mol. The molecule has 0 aliphatic rings. The minimum absolute atomic E-state index is 0. The predicted octanol–water partition coefficient (Wildman–Crippen LogP) is 6.08. The topological polar surface area (TPSA) is 0 Å². The van der Waals surface area contributed by atoms with Crippen LogP contribution in [0.2, 0.25) is 25.1 Å². The van der Waals surface area contributed by atoms with E-state index < -0.39 is 0 Å². The summed E-state index contributed by atoms with van der Waals surface area (Å²) in [6.07, 6.45) is 0. The van der Waals surface area contributed by atoms with E-state index in [-0.39, 0.29) is 42.2 Å². The van der Waals surface area contributed by atoms with E-state index in [2.05, 4.69) is 0 Å². The number of rotatable bonds is 0. The molecule has 0 fully saturated rings. The van der Waals surface area contributed by atoms with Crippen molar-refractivity contribution in [3.05, 3.63) is 55.4 Å². The molecule has 0 aliphatic heterocycles. The Labute approximate surface area is 130 Å². The maximum absolute atomic E-state index is 5.57. The van der Waals surface area contributed by atoms with Crippen molar-refractivity contribution in [3.63, 3.8) is 0 Å². The van der Waals surface area contributed by atoms with Crippen LogP contribution in [0.1, 0.15) is 0 Å². The van der Waals surface area contributed by atoms with Gasteiger partial charge in [0, 0.05) is 17.1 Å². The first-order chi connectivity index (χ1) is 7.05. The Balaban J connectivity index is 0.000000318. The van der Waals surface area contributed by atoms with Crippen LogP contribution in [0.5, 0.6) is 0 Å². The van der Waals surface area contributed by atoms with E-state index in [9.17, 15) is 0 Å². The summed E-state index contributed by atoms with van der Waals surface area (Å²) in [5.41, 5.74) is 0. The van der Waals surface area contributed by atoms with Gasteiger partial charge in [-0.15, -0.1) is 23.2 Å². The van der Waals surface area contributed by atoms with E-state index in [4.69, 9.17) is 58.0 Å². The molecular formula is C10H5Cl5Fe-2. The van der Waals surface area contributed by atoms with Crippen molar-refractivity contribution in [1.82, 2.24) is 0 Å². The first-order valence-electron chi connectivity index (χ1n) is 3.86. The minimum atomic E-state index is 0. The van der Waals surface area contributed by atoms with Crippen molar-refractivity contribution in [2.45, 2.75) is 0 Å². The molecule has 0 aliphatic carbocycles. The first kappa shape index (κ1) is 16.7. The summed E-state index contributed by atoms with van der Waals surface area (Å²) in [5, 5.41) is 1.03. The van der Waals surface area contributed by atoms with Crippen LogP contribution >= 0.6 is 58.0 Å². The molecule has 0 heterocycles. The fourth-order valence-corrected chi connectivity index (χ4v) is 1.99. The van der Waals surface area contributed by atoms with Gasteiger partial charge in [-0.25, -0.2) is 12.1 Å². The summed E-state index contributed by atoms with van der Waals surface area (Å²) in [5.74, 6) is 0. The second-order valence-electron chi connectivity index (χ2n) is 2.53. The molecule has 2 rings (SSSR count). The molecule has 0 unspecified atom stereocenters. The van der Waals surface area contributed by atoms with Gasteiger partial charge in [-0.3, -0.25) is 0 Å². The van der Waals surface area contributed by atoms with Gasteiger partial charge in [0.25, 0.3) is 0 Å². The Bertz CT molecular complexity index is 321. The van der Waals surface area contributed by atoms with Gasteiger partial charge >= 0.3 is 0 Å². The molecule has 6 heteroatoms. The van der Waals surface area contributed by atoms with Gasteiger partial charge in [-0.05, 0) is 15.1 Å². The minimum Gasteiger partial charge on any atom is -0.214 e. The van der Waals surface area contributed by atoms with Crippen molar-refractivity contribution in [3.8, 4) is 0 Å². The average Bonchev–Trinajstić information content (AvgIpc) is 2.86. The molecule has 0 spiro atoms. The van der Waals surface area contributed by atoms with E-state index in [0.717, 1.165) is 0 Å². The average molecular weight is 358 g/mol. The summed E-state index contributed by atoms with van der Waals surface area (Å²) in [6.45, 7) is 0. The van der Waals surface area contributed by atoms with E-state index >= 15 is 0 Å². The molecule has 2 aromatic rings. The van der Waals surface area contributed by atoms with Crippen LogP contribution in [-0.4, -0.2) is 0 Å². The van der Waals surface area contributed by atoms with Crippen LogP contribution in [0.3, 0.4) is 0 Å². The van der Waals surface area contributed by atoms with E-state index in [1.165, 1.54) is 0 Å². The van der Waals surface area contributed by atoms with Crippen LogP contribution in [0.4, 0.5) is 0 Å². The maximum atomic E-state index is 5.57. The molecule has 0 saturated heterocycles. The Morgan fingerprint density at radius 1 is 0.875 bits per heavy atom. The Hall–Kier alpha value is 0.669. The summed E-state index contributed by atoms with van der Waals surface area (Å²) in [4.78, 5) is 0. The van der Waals surface area contributed by atoms with Gasteiger partial charge in [0.05, 0.1) is 0 Å². The third kappa shape index (κ3) is 4.16. The second-order valence-corrected chi connectivity index (χ2v) is 4.42. The molecule has 2 aromatic carbocycles. The summed E-state index contributed by atoms with van der Waals surface area (Å²) < 4.78 is 0. The molecule has 0 nitrogen and oxygen atoms in total. The monoisotopic (exact) mass is 356 g/mol. The van der Waals surface area contributed by atoms with Crippen molar-refractivity contribution < 1.29 is 17.1 Å². The zero-order valence-electron chi connectivity index (χ0n) is 7.63. The molecule has 0 atom stereocenters. The molecule has 0 amide bonds. The maximum Gasteiger partial charge on any atom is 0 e. The van der Waals surface area contributed by atoms with Gasteiger partial charge in [-0.1, -0.05) is 10.0 Å². The molecule has 0 radical (unpaired) electrons.